The minimum atomic E-state index is -1.00. The van der Waals surface area contributed by atoms with E-state index in [1.807, 2.05) is 38.1 Å². The second-order valence-corrected chi connectivity index (χ2v) is 13.6. The molecule has 2 aromatic heterocycles. The topological polar surface area (TPSA) is 79.5 Å². The number of fused-ring (bicyclic) bond motifs is 4. The molecule has 1 aliphatic heterocycles. The van der Waals surface area contributed by atoms with Crippen molar-refractivity contribution in [3.05, 3.63) is 149 Å². The number of aryl methyl sites for hydroxylation is 6. The van der Waals surface area contributed by atoms with E-state index in [2.05, 4.69) is 108 Å². The van der Waals surface area contributed by atoms with Crippen molar-refractivity contribution >= 4 is 33.6 Å². The van der Waals surface area contributed by atoms with Gasteiger partial charge in [0.05, 0.1) is 19.7 Å². The fourth-order valence-corrected chi connectivity index (χ4v) is 6.92. The van der Waals surface area contributed by atoms with Gasteiger partial charge in [-0.05, 0) is 69.0 Å². The zero-order valence-corrected chi connectivity index (χ0v) is 33.7. The number of carbonyl (C=O) groups is 2. The molecule has 0 spiro atoms. The van der Waals surface area contributed by atoms with E-state index in [0.29, 0.717) is 6.42 Å². The summed E-state index contributed by atoms with van der Waals surface area (Å²) in [6, 6.07) is 33.4. The molecule has 1 unspecified atom stereocenters. The van der Waals surface area contributed by atoms with E-state index in [1.54, 1.807) is 14.1 Å². The van der Waals surface area contributed by atoms with Gasteiger partial charge >= 0.3 is 18.9 Å². The first kappa shape index (κ1) is 43.1. The summed E-state index contributed by atoms with van der Waals surface area (Å²) in [6.45, 7) is 13.5. The van der Waals surface area contributed by atoms with Crippen molar-refractivity contribution in [1.82, 2.24) is 19.4 Å². The van der Waals surface area contributed by atoms with Gasteiger partial charge in [0.2, 0.25) is 0 Å². The van der Waals surface area contributed by atoms with Crippen LogP contribution in [0.25, 0.3) is 21.8 Å². The zero-order valence-electron chi connectivity index (χ0n) is 34.7. The zero-order chi connectivity index (χ0) is 40.1. The van der Waals surface area contributed by atoms with Crippen LogP contribution in [0, 0.1) is 27.7 Å². The van der Waals surface area contributed by atoms with E-state index in [-0.39, 0.29) is 30.7 Å². The molecule has 2 N–H and O–H groups in total. The van der Waals surface area contributed by atoms with Crippen LogP contribution in [0.2, 0.25) is 0 Å². The normalized spacial score (nSPS) is 13.3. The quantitative estimate of drug-likeness (QED) is 0.144. The minimum absolute atomic E-state index is 0. The number of aliphatic hydroxyl groups is 1. The molecule has 7 nitrogen and oxygen atoms in total. The van der Waals surface area contributed by atoms with Gasteiger partial charge in [0.15, 0.2) is 0 Å². The van der Waals surface area contributed by atoms with Crippen LogP contribution in [0.4, 0.5) is 4.39 Å². The van der Waals surface area contributed by atoms with Gasteiger partial charge in [-0.15, -0.1) is 0 Å². The first-order chi connectivity index (χ1) is 26.5. The molecule has 1 atom stereocenters. The summed E-state index contributed by atoms with van der Waals surface area (Å²) in [5, 5.41) is 15.1. The molecule has 0 radical (unpaired) electrons. The van der Waals surface area contributed by atoms with Crippen LogP contribution in [0.15, 0.2) is 97.1 Å². The van der Waals surface area contributed by atoms with Gasteiger partial charge < -0.3 is 31.4 Å². The molecule has 2 amide bonds. The van der Waals surface area contributed by atoms with Crippen LogP contribution in [0.3, 0.4) is 0 Å². The molecule has 1 aliphatic rings. The Morgan fingerprint density at radius 3 is 1.84 bits per heavy atom. The second kappa shape index (κ2) is 21.5. The molecule has 9 heteroatoms. The second-order valence-electron chi connectivity index (χ2n) is 13.6. The molecule has 3 heterocycles. The molecule has 0 aliphatic carbocycles. The maximum atomic E-state index is 12.8. The Kier molecular flexibility index (Phi) is 16.8. The molecule has 7 rings (SSSR count). The Morgan fingerprint density at radius 2 is 1.35 bits per heavy atom. The van der Waals surface area contributed by atoms with Crippen LogP contribution in [-0.4, -0.2) is 58.4 Å². The third-order valence-corrected chi connectivity index (χ3v) is 9.90. The monoisotopic (exact) mass is 739 g/mol. The Bertz CT molecular complexity index is 2170. The van der Waals surface area contributed by atoms with Crippen LogP contribution >= 0.6 is 0 Å². The molecule has 4 aromatic carbocycles. The molecular weight excluding hydrogens is 682 g/mol. The predicted molar refractivity (Wildman–Crippen MR) is 221 cm³/mol. The summed E-state index contributed by atoms with van der Waals surface area (Å²) in [7, 11) is 2.35. The number of nitrogens with one attached hydrogen (secondary N) is 1. The van der Waals surface area contributed by atoms with Gasteiger partial charge in [-0.2, -0.15) is 6.42 Å². The van der Waals surface area contributed by atoms with Gasteiger partial charge in [-0.25, -0.2) is 0 Å². The van der Waals surface area contributed by atoms with E-state index >= 15 is 0 Å². The van der Waals surface area contributed by atoms with E-state index in [0.717, 1.165) is 82.2 Å². The number of amides is 2. The maximum Gasteiger partial charge on any atom is 1.00 e. The van der Waals surface area contributed by atoms with E-state index in [4.69, 9.17) is 1.37 Å². The fourth-order valence-electron chi connectivity index (χ4n) is 6.92. The summed E-state index contributed by atoms with van der Waals surface area (Å²) in [4.78, 5) is 26.6. The molecule has 0 bridgehead atoms. The smallest absolute Gasteiger partial charge is 0.373 e. The first-order valence-corrected chi connectivity index (χ1v) is 18.6. The van der Waals surface area contributed by atoms with Crippen molar-refractivity contribution in [3.8, 4) is 0 Å². The molecule has 55 heavy (non-hydrogen) atoms. The number of unbranched alkanes of at least 4 members (excludes halogenated alkanes) is 1. The van der Waals surface area contributed by atoms with Crippen LogP contribution in [-0.2, 0) is 32.4 Å². The average molecular weight is 740 g/mol. The third-order valence-electron chi connectivity index (χ3n) is 9.90. The number of likely N-dealkylation sites (N-methyl/N-ethyl adjacent to an activating group) is 1. The predicted octanol–water partition coefficient (Wildman–Crippen LogP) is 6.21. The summed E-state index contributed by atoms with van der Waals surface area (Å²) < 4.78 is 20.0. The van der Waals surface area contributed by atoms with Crippen molar-refractivity contribution in [2.75, 3.05) is 21.2 Å². The van der Waals surface area contributed by atoms with Crippen molar-refractivity contribution < 1.29 is 39.3 Å². The Morgan fingerprint density at radius 1 is 0.873 bits per heavy atom. The largest absolute Gasteiger partial charge is 1.00 e. The number of alkyl halides is 1. The van der Waals surface area contributed by atoms with E-state index < -0.39 is 13.4 Å². The molecule has 0 saturated heterocycles. The number of aliphatic hydroxyl groups excluding tert-OH is 1. The SMILES string of the molecule is CNC(=O)c1c(C)n(CCc2ccccc2)c2ccc(C)cc12.Cc1ccc2c(c1)c1c(n2CCc2ccccc2)CC(O)N(C)C1=O.[2H]CF.[CH2-]CCC.[Li+]. The van der Waals surface area contributed by atoms with Crippen molar-refractivity contribution in [3.63, 3.8) is 0 Å². The van der Waals surface area contributed by atoms with Crippen LogP contribution < -0.4 is 24.2 Å². The summed E-state index contributed by atoms with van der Waals surface area (Å²) in [5.41, 5.74) is 10.6. The van der Waals surface area contributed by atoms with E-state index in [1.165, 1.54) is 28.0 Å². The van der Waals surface area contributed by atoms with Crippen LogP contribution in [0.5, 0.6) is 0 Å². The Hall–Kier alpha value is -4.61. The first-order valence-electron chi connectivity index (χ1n) is 19.3. The van der Waals surface area contributed by atoms with Gasteiger partial charge in [0, 0.05) is 66.8 Å². The number of rotatable bonds is 8. The summed E-state index contributed by atoms with van der Waals surface area (Å²) in [6.07, 6.45) is 3.83. The summed E-state index contributed by atoms with van der Waals surface area (Å²) >= 11 is 0. The van der Waals surface area contributed by atoms with E-state index in [9.17, 15) is 19.1 Å². The van der Waals surface area contributed by atoms with Crippen molar-refractivity contribution in [2.24, 2.45) is 0 Å². The van der Waals surface area contributed by atoms with Gasteiger partial charge in [-0.3, -0.25) is 14.0 Å². The standard InChI is InChI=1S/C21H22N2O2.C20H22N2O.C4H9.CH3F.Li/c1-14-8-9-17-16(12-14)20-18(13-19(24)22(2)21(20)25)23(17)11-10-15-6-4-3-5-7-15;1-14-9-10-18-17(13-14)19(20(23)21-3)15(2)22(18)12-11-16-7-5-4-6-8-16;1-3-4-2;1-2;/h3-9,12,19,24H,10-11,13H2,1-2H3;4-10,13H,11-12H2,1-3H3,(H,21,23);1,3-4H2,2H3;1H3;/q;;-1;;+1/i;;;1D;. The molecule has 0 saturated carbocycles. The van der Waals surface area contributed by atoms with Crippen molar-refractivity contribution in [1.29, 1.82) is 0 Å². The summed E-state index contributed by atoms with van der Waals surface area (Å²) in [5.74, 6) is -0.112. The average Bonchev–Trinajstić information content (AvgIpc) is 3.65. The number of aromatic nitrogens is 2. The number of carbonyl (C=O) groups excluding carboxylic acids is 2. The number of hydrogen-bond donors (Lipinski definition) is 2. The number of nitrogens with zero attached hydrogens (tertiary/aromatic N) is 3. The molecule has 6 aromatic rings. The molecule has 286 valence electrons. The van der Waals surface area contributed by atoms with Gasteiger partial charge in [0.1, 0.15) is 6.23 Å². The number of halogens is 1. The molecule has 0 fully saturated rings. The fraction of sp³-hybridized carbons (Fsp3) is 0.326. The third kappa shape index (κ3) is 10.6. The van der Waals surface area contributed by atoms with Crippen molar-refractivity contribution in [2.45, 2.75) is 79.1 Å². The van der Waals surface area contributed by atoms with Gasteiger partial charge in [-0.1, -0.05) is 97.3 Å². The van der Waals surface area contributed by atoms with Crippen LogP contribution in [0.1, 0.15) is 75.5 Å². The van der Waals surface area contributed by atoms with Gasteiger partial charge in [0.25, 0.3) is 11.8 Å². The minimum Gasteiger partial charge on any atom is -0.373 e. The molecular formula is C46H56FLiN4O3. The Balaban J connectivity index is 0.000000255. The maximum absolute atomic E-state index is 12.8. The number of benzene rings is 4. The number of hydrogen-bond acceptors (Lipinski definition) is 3. The Labute approximate surface area is 340 Å².